The maximum absolute atomic E-state index is 6.47. The van der Waals surface area contributed by atoms with E-state index in [9.17, 15) is 0 Å². The van der Waals surface area contributed by atoms with Crippen molar-refractivity contribution >= 4 is 11.9 Å². The van der Waals surface area contributed by atoms with Gasteiger partial charge in [0.15, 0.2) is 0 Å². The Labute approximate surface area is 141 Å². The van der Waals surface area contributed by atoms with Crippen LogP contribution in [0.3, 0.4) is 0 Å². The van der Waals surface area contributed by atoms with Crippen LogP contribution in [0.2, 0.25) is 0 Å². The zero-order valence-electron chi connectivity index (χ0n) is 13.2. The van der Waals surface area contributed by atoms with Crippen LogP contribution in [0.5, 0.6) is 0 Å². The van der Waals surface area contributed by atoms with E-state index in [0.717, 1.165) is 31.9 Å². The average Bonchev–Trinajstić information content (AvgIpc) is 3.24. The van der Waals surface area contributed by atoms with Crippen LogP contribution < -0.4 is 5.32 Å². The predicted octanol–water partition coefficient (Wildman–Crippen LogP) is 1.82. The summed E-state index contributed by atoms with van der Waals surface area (Å²) in [6.07, 6.45) is 1.19. The minimum atomic E-state index is 0.422. The molecule has 2 aromatic rings. The van der Waals surface area contributed by atoms with Gasteiger partial charge >= 0.3 is 0 Å². The number of halogens is 1. The van der Waals surface area contributed by atoms with E-state index in [1.165, 1.54) is 17.7 Å². The lowest BCUT2D eigenvalue weighted by Crippen LogP contribution is -2.46. The van der Waals surface area contributed by atoms with Crippen LogP contribution in [0.25, 0.3) is 11.3 Å². The molecule has 124 valence electrons. The van der Waals surface area contributed by atoms with Crippen LogP contribution in [0.15, 0.2) is 30.3 Å². The molecule has 0 aliphatic carbocycles. The van der Waals surface area contributed by atoms with Crippen LogP contribution in [0, 0.1) is 0 Å². The number of fused-ring (bicyclic) bond motifs is 3. The summed E-state index contributed by atoms with van der Waals surface area (Å²) in [5.41, 5.74) is 3.47. The minimum Gasteiger partial charge on any atom is -0.313 e. The van der Waals surface area contributed by atoms with Gasteiger partial charge in [0.2, 0.25) is 0 Å². The highest BCUT2D eigenvalue weighted by atomic mass is 35.5. The number of aromatic nitrogens is 3. The van der Waals surface area contributed by atoms with Gasteiger partial charge < -0.3 is 5.32 Å². The summed E-state index contributed by atoms with van der Waals surface area (Å²) < 4.78 is 8.64. The number of nitrogens with one attached hydrogen (secondary N) is 1. The van der Waals surface area contributed by atoms with Gasteiger partial charge in [0.25, 0.3) is 0 Å². The van der Waals surface area contributed by atoms with Crippen molar-refractivity contribution in [3.8, 4) is 11.3 Å². The van der Waals surface area contributed by atoms with Crippen LogP contribution in [0.4, 0.5) is 0 Å². The third-order valence-electron chi connectivity index (χ3n) is 4.64. The maximum Gasteiger partial charge on any atom is 0.117 e. The Morgan fingerprint density at radius 3 is 2.70 bits per heavy atom. The first-order chi connectivity index (χ1) is 11.4. The fourth-order valence-corrected chi connectivity index (χ4v) is 3.66. The van der Waals surface area contributed by atoms with Crippen LogP contribution in [-0.4, -0.2) is 50.2 Å². The molecule has 1 fully saturated rings. The average molecular weight is 336 g/mol. The zero-order valence-corrected chi connectivity index (χ0v) is 13.9. The molecule has 6 nitrogen and oxygen atoms in total. The molecule has 4 rings (SSSR count). The largest absolute Gasteiger partial charge is 0.313 e. The molecule has 3 heterocycles. The molecule has 2 aliphatic heterocycles. The highest BCUT2D eigenvalue weighted by Crippen LogP contribution is 2.33. The fourth-order valence-electron chi connectivity index (χ4n) is 3.66. The van der Waals surface area contributed by atoms with E-state index >= 15 is 0 Å². The molecule has 0 spiro atoms. The van der Waals surface area contributed by atoms with E-state index < -0.39 is 0 Å². The number of hydrogen-bond donors (Lipinski definition) is 2. The molecular weight excluding hydrogens is 314 g/mol. The van der Waals surface area contributed by atoms with Gasteiger partial charge in [-0.15, -0.1) is 5.10 Å². The molecule has 0 bridgehead atoms. The van der Waals surface area contributed by atoms with Gasteiger partial charge in [-0.05, 0) is 13.0 Å². The molecule has 0 amide bonds. The first-order valence-electron chi connectivity index (χ1n) is 7.99. The topological polar surface area (TPSA) is 66.2 Å². The summed E-state index contributed by atoms with van der Waals surface area (Å²) in [5.74, 6) is 0. The van der Waals surface area contributed by atoms with Gasteiger partial charge in [0.05, 0.1) is 23.6 Å². The zero-order chi connectivity index (χ0) is 16.2. The van der Waals surface area contributed by atoms with Gasteiger partial charge in [0, 0.05) is 31.2 Å². The van der Waals surface area contributed by atoms with Crippen molar-refractivity contribution in [2.24, 2.45) is 0 Å². The molecule has 2 N–H and O–H groups in total. The maximum atomic E-state index is 6.47. The number of nitrogens with zero attached hydrogens (tertiary/aromatic N) is 4. The third-order valence-corrected chi connectivity index (χ3v) is 4.64. The summed E-state index contributed by atoms with van der Waals surface area (Å²) in [6, 6.07) is 11.4. The summed E-state index contributed by atoms with van der Waals surface area (Å²) in [4.78, 5) is 2.59. The quantitative estimate of drug-likeness (QED) is 0.895. The first-order valence-corrected chi connectivity index (χ1v) is 8.33. The van der Waals surface area contributed by atoms with E-state index in [-0.39, 0.29) is 0 Å². The Hall–Kier alpha value is -1.47. The van der Waals surface area contributed by atoms with E-state index in [0.29, 0.717) is 12.1 Å². The summed E-state index contributed by atoms with van der Waals surface area (Å²) in [7, 11) is 0. The summed E-state index contributed by atoms with van der Waals surface area (Å²) in [6.45, 7) is 6.40. The second kappa shape index (κ2) is 7.40. The molecule has 7 heteroatoms. The smallest absolute Gasteiger partial charge is 0.117 e. The van der Waals surface area contributed by atoms with Crippen molar-refractivity contribution in [2.75, 3.05) is 19.6 Å². The molecule has 2 aliphatic rings. The molecule has 1 aromatic carbocycles. The molecular formula is C16H22ClN5O. The van der Waals surface area contributed by atoms with Crippen molar-refractivity contribution in [1.82, 2.24) is 25.2 Å². The Morgan fingerprint density at radius 2 is 1.96 bits per heavy atom. The standard InChI is InChI=1S/C16H21N5.ClHO/c1-2-8-20-11-15-16(12-6-4-3-5-7-12)18-19-21(15)14-10-17-9-13(14)20;1-2/h3-7,13-14,17H,2,8-11H2,1H3;2H. The van der Waals surface area contributed by atoms with E-state index in [1.807, 2.05) is 6.07 Å². The second-order valence-corrected chi connectivity index (χ2v) is 5.96. The SMILES string of the molecule is CCCN1Cc2c(-c3ccccc3)nnn2C2CNCC21.OCl. The second-order valence-electron chi connectivity index (χ2n) is 5.96. The van der Waals surface area contributed by atoms with Crippen molar-refractivity contribution in [1.29, 1.82) is 0 Å². The highest BCUT2D eigenvalue weighted by Gasteiger charge is 2.40. The Kier molecular flexibility index (Phi) is 5.27. The predicted molar refractivity (Wildman–Crippen MR) is 89.9 cm³/mol. The Bertz CT molecular complexity index is 633. The normalized spacial score (nSPS) is 22.9. The van der Waals surface area contributed by atoms with Gasteiger partial charge in [-0.25, -0.2) is 4.68 Å². The van der Waals surface area contributed by atoms with Gasteiger partial charge in [0.1, 0.15) is 5.69 Å². The van der Waals surface area contributed by atoms with Crippen LogP contribution >= 0.6 is 11.9 Å². The van der Waals surface area contributed by atoms with Crippen LogP contribution in [-0.2, 0) is 6.54 Å². The highest BCUT2D eigenvalue weighted by molar-refractivity contribution is 6.04. The van der Waals surface area contributed by atoms with Crippen molar-refractivity contribution in [3.63, 3.8) is 0 Å². The molecule has 0 saturated carbocycles. The van der Waals surface area contributed by atoms with Gasteiger partial charge in [-0.1, -0.05) is 42.5 Å². The monoisotopic (exact) mass is 335 g/mol. The van der Waals surface area contributed by atoms with E-state index in [1.54, 1.807) is 0 Å². The number of rotatable bonds is 3. The van der Waals surface area contributed by atoms with Crippen LogP contribution in [0.1, 0.15) is 25.1 Å². The molecule has 1 saturated heterocycles. The lowest BCUT2D eigenvalue weighted by molar-refractivity contribution is 0.124. The molecule has 1 aromatic heterocycles. The lowest BCUT2D eigenvalue weighted by Gasteiger charge is -2.37. The summed E-state index contributed by atoms with van der Waals surface area (Å²) in [5, 5.41) is 12.5. The van der Waals surface area contributed by atoms with Gasteiger partial charge in [-0.2, -0.15) is 0 Å². The van der Waals surface area contributed by atoms with Crippen molar-refractivity contribution in [2.45, 2.75) is 32.0 Å². The molecule has 0 radical (unpaired) electrons. The Balaban J connectivity index is 0.000000753. The number of benzene rings is 1. The molecule has 2 unspecified atom stereocenters. The fraction of sp³-hybridized carbons (Fsp3) is 0.500. The van der Waals surface area contributed by atoms with E-state index in [4.69, 9.17) is 4.66 Å². The van der Waals surface area contributed by atoms with Crippen molar-refractivity contribution < 1.29 is 4.66 Å². The first kappa shape index (κ1) is 16.4. The molecule has 23 heavy (non-hydrogen) atoms. The number of hydrogen-bond acceptors (Lipinski definition) is 5. The summed E-state index contributed by atoms with van der Waals surface area (Å²) >= 11 is 3.64. The minimum absolute atomic E-state index is 0.422. The lowest BCUT2D eigenvalue weighted by atomic mass is 10.0. The third kappa shape index (κ3) is 2.99. The molecule has 2 atom stereocenters. The van der Waals surface area contributed by atoms with Gasteiger partial charge in [-0.3, -0.25) is 9.56 Å². The Morgan fingerprint density at radius 1 is 1.22 bits per heavy atom. The van der Waals surface area contributed by atoms with Crippen molar-refractivity contribution in [3.05, 3.63) is 36.0 Å². The van der Waals surface area contributed by atoms with E-state index in [2.05, 4.69) is 68.3 Å².